The Labute approximate surface area is 116 Å². The standard InChI is InChI=1S/C14H17FN2O3/c15-11-6-12(16-8-11)14(20)17-7-10-3-1-9(2-4-10)5-13(18)19/h1-4,11-12,16H,5-8H2,(H,17,20)(H,18,19)/t11-,12+/m0/s1. The summed E-state index contributed by atoms with van der Waals surface area (Å²) in [6.07, 6.45) is -0.763. The highest BCUT2D eigenvalue weighted by Crippen LogP contribution is 2.10. The van der Waals surface area contributed by atoms with E-state index in [9.17, 15) is 14.0 Å². The number of aliphatic carboxylic acids is 1. The van der Waals surface area contributed by atoms with Gasteiger partial charge in [-0.25, -0.2) is 4.39 Å². The summed E-state index contributed by atoms with van der Waals surface area (Å²) in [4.78, 5) is 22.3. The molecule has 1 saturated heterocycles. The monoisotopic (exact) mass is 280 g/mol. The second-order valence-electron chi connectivity index (χ2n) is 4.90. The zero-order valence-electron chi connectivity index (χ0n) is 10.9. The van der Waals surface area contributed by atoms with E-state index in [1.165, 1.54) is 0 Å². The summed E-state index contributed by atoms with van der Waals surface area (Å²) in [7, 11) is 0. The van der Waals surface area contributed by atoms with Gasteiger partial charge in [0.2, 0.25) is 5.91 Å². The number of hydrogen-bond donors (Lipinski definition) is 3. The lowest BCUT2D eigenvalue weighted by Gasteiger charge is -2.11. The second-order valence-corrected chi connectivity index (χ2v) is 4.90. The van der Waals surface area contributed by atoms with E-state index in [-0.39, 0.29) is 25.3 Å². The maximum Gasteiger partial charge on any atom is 0.307 e. The number of alkyl halides is 1. The number of halogens is 1. The molecule has 2 rings (SSSR count). The van der Waals surface area contributed by atoms with Crippen molar-refractivity contribution in [2.45, 2.75) is 31.6 Å². The number of amides is 1. The summed E-state index contributed by atoms with van der Waals surface area (Å²) >= 11 is 0. The molecule has 0 unspecified atom stereocenters. The van der Waals surface area contributed by atoms with Gasteiger partial charge in [0.15, 0.2) is 0 Å². The molecule has 1 aromatic carbocycles. The molecule has 1 aliphatic heterocycles. The van der Waals surface area contributed by atoms with E-state index in [1.807, 2.05) is 0 Å². The van der Waals surface area contributed by atoms with Gasteiger partial charge in [-0.15, -0.1) is 0 Å². The van der Waals surface area contributed by atoms with Gasteiger partial charge in [-0.3, -0.25) is 9.59 Å². The molecule has 0 spiro atoms. The number of carboxylic acid groups (broad SMARTS) is 1. The second kappa shape index (κ2) is 6.47. The zero-order valence-corrected chi connectivity index (χ0v) is 10.9. The van der Waals surface area contributed by atoms with Crippen LogP contribution in [0, 0.1) is 0 Å². The third-order valence-electron chi connectivity index (χ3n) is 3.24. The van der Waals surface area contributed by atoms with E-state index >= 15 is 0 Å². The van der Waals surface area contributed by atoms with E-state index < -0.39 is 18.2 Å². The van der Waals surface area contributed by atoms with Gasteiger partial charge < -0.3 is 15.7 Å². The van der Waals surface area contributed by atoms with Crippen LogP contribution in [0.5, 0.6) is 0 Å². The van der Waals surface area contributed by atoms with Crippen LogP contribution in [0.15, 0.2) is 24.3 Å². The van der Waals surface area contributed by atoms with Gasteiger partial charge in [0.1, 0.15) is 6.17 Å². The van der Waals surface area contributed by atoms with Gasteiger partial charge in [0.05, 0.1) is 12.5 Å². The molecule has 3 N–H and O–H groups in total. The van der Waals surface area contributed by atoms with Crippen LogP contribution < -0.4 is 10.6 Å². The lowest BCUT2D eigenvalue weighted by atomic mass is 10.1. The van der Waals surface area contributed by atoms with Crippen LogP contribution in [-0.2, 0) is 22.6 Å². The van der Waals surface area contributed by atoms with E-state index in [1.54, 1.807) is 24.3 Å². The molecule has 0 saturated carbocycles. The average Bonchev–Trinajstić information content (AvgIpc) is 2.84. The Balaban J connectivity index is 1.81. The predicted octanol–water partition coefficient (Wildman–Crippen LogP) is 0.630. The highest BCUT2D eigenvalue weighted by Gasteiger charge is 2.28. The number of hydrogen-bond acceptors (Lipinski definition) is 3. The van der Waals surface area contributed by atoms with Gasteiger partial charge in [0.25, 0.3) is 0 Å². The molecule has 20 heavy (non-hydrogen) atoms. The molecule has 5 nitrogen and oxygen atoms in total. The van der Waals surface area contributed by atoms with Gasteiger partial charge in [0, 0.05) is 19.5 Å². The van der Waals surface area contributed by atoms with Gasteiger partial charge in [-0.2, -0.15) is 0 Å². The van der Waals surface area contributed by atoms with E-state index in [4.69, 9.17) is 5.11 Å². The first kappa shape index (κ1) is 14.5. The van der Waals surface area contributed by atoms with Crippen molar-refractivity contribution in [1.82, 2.24) is 10.6 Å². The molecular weight excluding hydrogens is 263 g/mol. The van der Waals surface area contributed by atoms with Crippen molar-refractivity contribution in [3.05, 3.63) is 35.4 Å². The Hall–Kier alpha value is -1.95. The molecule has 0 bridgehead atoms. The summed E-state index contributed by atoms with van der Waals surface area (Å²) in [6.45, 7) is 0.573. The van der Waals surface area contributed by atoms with Gasteiger partial charge >= 0.3 is 5.97 Å². The molecular formula is C14H17FN2O3. The summed E-state index contributed by atoms with van der Waals surface area (Å²) in [5, 5.41) is 14.2. The smallest absolute Gasteiger partial charge is 0.307 e. The van der Waals surface area contributed by atoms with E-state index in [0.717, 1.165) is 5.56 Å². The van der Waals surface area contributed by atoms with Crippen molar-refractivity contribution < 1.29 is 19.1 Å². The number of carbonyl (C=O) groups is 2. The molecule has 1 aliphatic rings. The Morgan fingerprint density at radius 1 is 1.30 bits per heavy atom. The molecule has 2 atom stereocenters. The Bertz CT molecular complexity index is 490. The van der Waals surface area contributed by atoms with Crippen molar-refractivity contribution in [1.29, 1.82) is 0 Å². The minimum Gasteiger partial charge on any atom is -0.481 e. The molecule has 108 valence electrons. The number of rotatable bonds is 5. The Kier molecular flexibility index (Phi) is 4.68. The van der Waals surface area contributed by atoms with Crippen LogP contribution in [0.25, 0.3) is 0 Å². The molecule has 0 aliphatic carbocycles. The van der Waals surface area contributed by atoms with Crippen molar-refractivity contribution >= 4 is 11.9 Å². The normalized spacial score (nSPS) is 21.6. The largest absolute Gasteiger partial charge is 0.481 e. The van der Waals surface area contributed by atoms with E-state index in [0.29, 0.717) is 12.1 Å². The van der Waals surface area contributed by atoms with Crippen LogP contribution in [0.2, 0.25) is 0 Å². The average molecular weight is 280 g/mol. The lowest BCUT2D eigenvalue weighted by molar-refractivity contribution is -0.136. The molecule has 1 heterocycles. The van der Waals surface area contributed by atoms with Crippen LogP contribution in [0.3, 0.4) is 0 Å². The molecule has 6 heteroatoms. The fourth-order valence-corrected chi connectivity index (χ4v) is 2.15. The first-order valence-corrected chi connectivity index (χ1v) is 6.49. The zero-order chi connectivity index (χ0) is 14.5. The number of carbonyl (C=O) groups excluding carboxylic acids is 1. The van der Waals surface area contributed by atoms with Crippen molar-refractivity contribution in [2.24, 2.45) is 0 Å². The quantitative estimate of drug-likeness (QED) is 0.739. The summed E-state index contributed by atoms with van der Waals surface area (Å²) in [6, 6.07) is 6.54. The third kappa shape index (κ3) is 4.03. The Morgan fingerprint density at radius 2 is 1.95 bits per heavy atom. The third-order valence-corrected chi connectivity index (χ3v) is 3.24. The Morgan fingerprint density at radius 3 is 2.50 bits per heavy atom. The maximum atomic E-state index is 13.0. The molecule has 1 fully saturated rings. The van der Waals surface area contributed by atoms with Crippen LogP contribution in [0.1, 0.15) is 17.5 Å². The van der Waals surface area contributed by atoms with E-state index in [2.05, 4.69) is 10.6 Å². The van der Waals surface area contributed by atoms with Crippen molar-refractivity contribution in [2.75, 3.05) is 6.54 Å². The fourth-order valence-electron chi connectivity index (χ4n) is 2.15. The lowest BCUT2D eigenvalue weighted by Crippen LogP contribution is -2.39. The fraction of sp³-hybridized carbons (Fsp3) is 0.429. The summed E-state index contributed by atoms with van der Waals surface area (Å²) in [5.41, 5.74) is 1.59. The highest BCUT2D eigenvalue weighted by molar-refractivity contribution is 5.82. The number of nitrogens with one attached hydrogen (secondary N) is 2. The first-order valence-electron chi connectivity index (χ1n) is 6.49. The summed E-state index contributed by atoms with van der Waals surface area (Å²) < 4.78 is 13.0. The van der Waals surface area contributed by atoms with Crippen LogP contribution in [0.4, 0.5) is 4.39 Å². The predicted molar refractivity (Wildman–Crippen MR) is 70.9 cm³/mol. The molecule has 1 aromatic rings. The minimum absolute atomic E-state index is 0.0173. The summed E-state index contributed by atoms with van der Waals surface area (Å²) in [5.74, 6) is -1.08. The number of benzene rings is 1. The minimum atomic E-state index is -0.957. The topological polar surface area (TPSA) is 78.4 Å². The molecule has 0 radical (unpaired) electrons. The van der Waals surface area contributed by atoms with Crippen LogP contribution in [-0.4, -0.2) is 35.7 Å². The molecule has 0 aromatic heterocycles. The van der Waals surface area contributed by atoms with Crippen LogP contribution >= 0.6 is 0 Å². The van der Waals surface area contributed by atoms with Gasteiger partial charge in [-0.1, -0.05) is 24.3 Å². The maximum absolute atomic E-state index is 13.0. The highest BCUT2D eigenvalue weighted by atomic mass is 19.1. The first-order chi connectivity index (χ1) is 9.54. The van der Waals surface area contributed by atoms with Gasteiger partial charge in [-0.05, 0) is 11.1 Å². The van der Waals surface area contributed by atoms with Crippen molar-refractivity contribution in [3.8, 4) is 0 Å². The molecule has 1 amide bonds. The van der Waals surface area contributed by atoms with Crippen molar-refractivity contribution in [3.63, 3.8) is 0 Å². The number of carboxylic acids is 1. The SMILES string of the molecule is O=C(O)Cc1ccc(CNC(=O)[C@H]2C[C@H](F)CN2)cc1.